The molecule has 116 valence electrons. The molecule has 1 fully saturated rings. The Morgan fingerprint density at radius 2 is 1.68 bits per heavy atom. The molecular formula is C15H20BN3O2S. The van der Waals surface area contributed by atoms with Crippen LogP contribution in [0.2, 0.25) is 0 Å². The fraction of sp³-hybridized carbons (Fsp3) is 0.533. The maximum atomic E-state index is 6.08. The predicted octanol–water partition coefficient (Wildman–Crippen LogP) is 2.52. The zero-order valence-electron chi connectivity index (χ0n) is 13.8. The highest BCUT2D eigenvalue weighted by Crippen LogP contribution is 2.36. The van der Waals surface area contributed by atoms with Gasteiger partial charge in [-0.05, 0) is 47.6 Å². The second kappa shape index (κ2) is 5.11. The Hall–Kier alpha value is -1.31. The van der Waals surface area contributed by atoms with Crippen LogP contribution >= 0.6 is 11.3 Å². The van der Waals surface area contributed by atoms with Gasteiger partial charge in [0.1, 0.15) is 5.82 Å². The third-order valence-electron chi connectivity index (χ3n) is 4.23. The van der Waals surface area contributed by atoms with Gasteiger partial charge in [0.2, 0.25) is 0 Å². The summed E-state index contributed by atoms with van der Waals surface area (Å²) in [4.78, 5) is 14.3. The molecule has 1 saturated heterocycles. The summed E-state index contributed by atoms with van der Waals surface area (Å²) in [7, 11) is -0.473. The van der Waals surface area contributed by atoms with E-state index in [0.717, 1.165) is 21.2 Å². The van der Waals surface area contributed by atoms with Gasteiger partial charge in [-0.25, -0.2) is 15.0 Å². The fourth-order valence-electron chi connectivity index (χ4n) is 2.28. The third kappa shape index (κ3) is 2.68. The third-order valence-corrected chi connectivity index (χ3v) is 5.16. The lowest BCUT2D eigenvalue weighted by atomic mass is 9.84. The van der Waals surface area contributed by atoms with Crippen molar-refractivity contribution in [2.45, 2.75) is 52.7 Å². The number of rotatable bonds is 2. The summed E-state index contributed by atoms with van der Waals surface area (Å²) in [6.07, 6.45) is 1.84. The predicted molar refractivity (Wildman–Crippen MR) is 88.3 cm³/mol. The minimum Gasteiger partial charge on any atom is -0.398 e. The molecule has 0 saturated carbocycles. The fourth-order valence-corrected chi connectivity index (χ4v) is 3.02. The van der Waals surface area contributed by atoms with Crippen LogP contribution in [0.25, 0.3) is 10.6 Å². The first-order valence-corrected chi connectivity index (χ1v) is 8.14. The summed E-state index contributed by atoms with van der Waals surface area (Å²) < 4.78 is 12.2. The Balaban J connectivity index is 1.98. The topological polar surface area (TPSA) is 57.1 Å². The Labute approximate surface area is 135 Å². The van der Waals surface area contributed by atoms with E-state index >= 15 is 0 Å². The largest absolute Gasteiger partial charge is 0.514 e. The summed E-state index contributed by atoms with van der Waals surface area (Å²) >= 11 is 1.62. The van der Waals surface area contributed by atoms with E-state index in [1.807, 2.05) is 53.8 Å². The van der Waals surface area contributed by atoms with Crippen molar-refractivity contribution in [2.24, 2.45) is 0 Å². The maximum absolute atomic E-state index is 6.08. The van der Waals surface area contributed by atoms with Gasteiger partial charge in [-0.2, -0.15) is 0 Å². The number of aromatic nitrogens is 3. The van der Waals surface area contributed by atoms with Gasteiger partial charge in [0.25, 0.3) is 0 Å². The van der Waals surface area contributed by atoms with Crippen LogP contribution in [-0.2, 0) is 9.31 Å². The molecule has 2 aromatic rings. The van der Waals surface area contributed by atoms with Crippen LogP contribution in [0.5, 0.6) is 0 Å². The van der Waals surface area contributed by atoms with Gasteiger partial charge >= 0.3 is 7.12 Å². The molecule has 1 aliphatic heterocycles. The van der Waals surface area contributed by atoms with Crippen LogP contribution in [0.3, 0.4) is 0 Å². The molecule has 2 aromatic heterocycles. The van der Waals surface area contributed by atoms with Crippen LogP contribution < -0.4 is 5.59 Å². The Morgan fingerprint density at radius 1 is 1.05 bits per heavy atom. The number of aryl methyl sites for hydroxylation is 2. The van der Waals surface area contributed by atoms with Crippen LogP contribution in [0, 0.1) is 13.8 Å². The molecule has 3 heterocycles. The normalized spacial score (nSPS) is 19.6. The zero-order chi connectivity index (χ0) is 16.1. The lowest BCUT2D eigenvalue weighted by molar-refractivity contribution is 0.00578. The summed E-state index contributed by atoms with van der Waals surface area (Å²) in [5.74, 6) is 0.702. The summed E-state index contributed by atoms with van der Waals surface area (Å²) in [6.45, 7) is 12.0. The average Bonchev–Trinajstić information content (AvgIpc) is 2.91. The monoisotopic (exact) mass is 317 g/mol. The first-order valence-electron chi connectivity index (χ1n) is 7.32. The lowest BCUT2D eigenvalue weighted by Gasteiger charge is -2.32. The highest BCUT2D eigenvalue weighted by molar-refractivity contribution is 7.15. The van der Waals surface area contributed by atoms with Gasteiger partial charge in [-0.3, -0.25) is 0 Å². The molecule has 0 bridgehead atoms. The zero-order valence-corrected chi connectivity index (χ0v) is 14.6. The number of hydrogen-bond acceptors (Lipinski definition) is 6. The molecule has 7 heteroatoms. The van der Waals surface area contributed by atoms with E-state index in [0.29, 0.717) is 5.82 Å². The first-order chi connectivity index (χ1) is 10.2. The summed E-state index contributed by atoms with van der Waals surface area (Å²) in [6, 6.07) is 1.93. The molecule has 3 rings (SSSR count). The van der Waals surface area contributed by atoms with Crippen molar-refractivity contribution in [3.05, 3.63) is 23.1 Å². The number of hydrogen-bond donors (Lipinski definition) is 0. The minimum absolute atomic E-state index is 0.377. The number of thiazole rings is 1. The first kappa shape index (κ1) is 15.6. The van der Waals surface area contributed by atoms with Gasteiger partial charge in [-0.15, -0.1) is 11.3 Å². The minimum atomic E-state index is -0.473. The lowest BCUT2D eigenvalue weighted by Crippen LogP contribution is -2.41. The standard InChI is InChI=1S/C15H20BN3O2S/c1-9-18-11(12-8-17-10(2)22-12)7-13(19-9)16-20-14(3,4)15(5,6)21-16/h7-8H,1-6H3. The molecule has 1 aliphatic rings. The summed E-state index contributed by atoms with van der Waals surface area (Å²) in [5, 5.41) is 1.02. The van der Waals surface area contributed by atoms with Crippen molar-refractivity contribution >= 4 is 24.0 Å². The smallest absolute Gasteiger partial charge is 0.398 e. The van der Waals surface area contributed by atoms with Gasteiger partial charge in [0.05, 0.1) is 32.4 Å². The van der Waals surface area contributed by atoms with E-state index in [1.165, 1.54) is 0 Å². The quantitative estimate of drug-likeness (QED) is 0.797. The van der Waals surface area contributed by atoms with E-state index in [4.69, 9.17) is 9.31 Å². The highest BCUT2D eigenvalue weighted by Gasteiger charge is 2.52. The van der Waals surface area contributed by atoms with Gasteiger partial charge < -0.3 is 9.31 Å². The Kier molecular flexibility index (Phi) is 3.62. The van der Waals surface area contributed by atoms with Crippen molar-refractivity contribution in [1.82, 2.24) is 15.0 Å². The van der Waals surface area contributed by atoms with Crippen molar-refractivity contribution in [3.8, 4) is 10.6 Å². The van der Waals surface area contributed by atoms with E-state index < -0.39 is 7.12 Å². The average molecular weight is 317 g/mol. The molecule has 0 atom stereocenters. The van der Waals surface area contributed by atoms with Crippen molar-refractivity contribution in [1.29, 1.82) is 0 Å². The van der Waals surface area contributed by atoms with Crippen molar-refractivity contribution in [2.75, 3.05) is 0 Å². The van der Waals surface area contributed by atoms with Gasteiger partial charge in [0, 0.05) is 6.20 Å². The second-order valence-electron chi connectivity index (χ2n) is 6.56. The van der Waals surface area contributed by atoms with Crippen LogP contribution in [0.4, 0.5) is 0 Å². The van der Waals surface area contributed by atoms with Gasteiger partial charge in [0.15, 0.2) is 0 Å². The molecule has 5 nitrogen and oxygen atoms in total. The molecule has 0 aliphatic carbocycles. The molecule has 0 N–H and O–H groups in total. The van der Waals surface area contributed by atoms with E-state index in [1.54, 1.807) is 11.3 Å². The second-order valence-corrected chi connectivity index (χ2v) is 7.79. The van der Waals surface area contributed by atoms with E-state index in [2.05, 4.69) is 15.0 Å². The molecule has 0 unspecified atom stereocenters. The summed E-state index contributed by atoms with van der Waals surface area (Å²) in [5.41, 5.74) is 0.866. The molecule has 0 radical (unpaired) electrons. The number of nitrogens with zero attached hydrogens (tertiary/aromatic N) is 3. The Morgan fingerprint density at radius 3 is 2.23 bits per heavy atom. The van der Waals surface area contributed by atoms with Crippen molar-refractivity contribution in [3.63, 3.8) is 0 Å². The Bertz CT molecular complexity index is 699. The van der Waals surface area contributed by atoms with Crippen LogP contribution in [-0.4, -0.2) is 33.3 Å². The molecule has 22 heavy (non-hydrogen) atoms. The molecule has 0 amide bonds. The van der Waals surface area contributed by atoms with Crippen LogP contribution in [0.1, 0.15) is 38.5 Å². The van der Waals surface area contributed by atoms with Crippen molar-refractivity contribution < 1.29 is 9.31 Å². The molecule has 0 aromatic carbocycles. The highest BCUT2D eigenvalue weighted by atomic mass is 32.1. The maximum Gasteiger partial charge on any atom is 0.514 e. The van der Waals surface area contributed by atoms with E-state index in [9.17, 15) is 0 Å². The van der Waals surface area contributed by atoms with E-state index in [-0.39, 0.29) is 11.2 Å². The van der Waals surface area contributed by atoms with Crippen LogP contribution in [0.15, 0.2) is 12.3 Å². The molecular weight excluding hydrogens is 297 g/mol. The van der Waals surface area contributed by atoms with Gasteiger partial charge in [-0.1, -0.05) is 0 Å². The molecule has 0 spiro atoms. The SMILES string of the molecule is Cc1nc(B2OC(C)(C)C(C)(C)O2)cc(-c2cnc(C)s2)n1.